The average Bonchev–Trinajstić information content (AvgIpc) is 2.46. The first-order valence-electron chi connectivity index (χ1n) is 6.45. The Bertz CT molecular complexity index is 657. The van der Waals surface area contributed by atoms with E-state index in [9.17, 15) is 4.79 Å². The lowest BCUT2D eigenvalue weighted by Gasteiger charge is -2.12. The Morgan fingerprint density at radius 2 is 1.90 bits per heavy atom. The van der Waals surface area contributed by atoms with Gasteiger partial charge in [0.1, 0.15) is 4.99 Å². The minimum Gasteiger partial charge on any atom is -0.389 e. The van der Waals surface area contributed by atoms with E-state index >= 15 is 0 Å². The fourth-order valence-electron chi connectivity index (χ4n) is 1.95. The van der Waals surface area contributed by atoms with Gasteiger partial charge in [0.25, 0.3) is 0 Å². The maximum atomic E-state index is 12.1. The van der Waals surface area contributed by atoms with Gasteiger partial charge in [-0.15, -0.1) is 11.8 Å². The van der Waals surface area contributed by atoms with E-state index in [2.05, 4.69) is 5.32 Å². The Kier molecular flexibility index (Phi) is 5.36. The van der Waals surface area contributed by atoms with Crippen LogP contribution < -0.4 is 11.1 Å². The third-order valence-electron chi connectivity index (χ3n) is 2.91. The first kappa shape index (κ1) is 15.5. The fraction of sp³-hybridized carbons (Fsp3) is 0.125. The zero-order valence-corrected chi connectivity index (χ0v) is 13.3. The molecule has 0 heterocycles. The van der Waals surface area contributed by atoms with Gasteiger partial charge in [0.2, 0.25) is 5.91 Å². The zero-order chi connectivity index (χ0) is 15.2. The summed E-state index contributed by atoms with van der Waals surface area (Å²) < 4.78 is 0. The number of nitrogens with two attached hydrogens (primary N) is 1. The van der Waals surface area contributed by atoms with Gasteiger partial charge < -0.3 is 11.1 Å². The van der Waals surface area contributed by atoms with Crippen molar-refractivity contribution in [3.05, 3.63) is 59.7 Å². The number of hydrogen-bond acceptors (Lipinski definition) is 3. The van der Waals surface area contributed by atoms with Crippen LogP contribution in [0.15, 0.2) is 53.4 Å². The Morgan fingerprint density at radius 1 is 1.19 bits per heavy atom. The minimum absolute atomic E-state index is 0.0769. The summed E-state index contributed by atoms with van der Waals surface area (Å²) in [5.74, 6) is 0.265. The Morgan fingerprint density at radius 3 is 2.57 bits per heavy atom. The molecule has 1 amide bonds. The summed E-state index contributed by atoms with van der Waals surface area (Å²) in [6.45, 7) is 1.92. The average molecular weight is 316 g/mol. The van der Waals surface area contributed by atoms with E-state index in [4.69, 9.17) is 18.0 Å². The van der Waals surface area contributed by atoms with E-state index in [0.717, 1.165) is 16.0 Å². The van der Waals surface area contributed by atoms with E-state index in [1.54, 1.807) is 0 Å². The van der Waals surface area contributed by atoms with Gasteiger partial charge in [-0.05, 0) is 30.7 Å². The maximum absolute atomic E-state index is 12.1. The predicted molar refractivity (Wildman–Crippen MR) is 92.9 cm³/mol. The number of amides is 1. The summed E-state index contributed by atoms with van der Waals surface area (Å²) in [4.78, 5) is 13.4. The van der Waals surface area contributed by atoms with Gasteiger partial charge >= 0.3 is 0 Å². The molecule has 108 valence electrons. The molecule has 2 aromatic carbocycles. The molecule has 0 aliphatic carbocycles. The lowest BCUT2D eigenvalue weighted by molar-refractivity contribution is -0.113. The third kappa shape index (κ3) is 4.31. The van der Waals surface area contributed by atoms with Crippen molar-refractivity contribution in [2.75, 3.05) is 11.1 Å². The molecular weight excluding hydrogens is 300 g/mol. The second kappa shape index (κ2) is 7.24. The minimum atomic E-state index is -0.0769. The van der Waals surface area contributed by atoms with Gasteiger partial charge in [0.05, 0.1) is 11.4 Å². The molecule has 0 aliphatic rings. The number of benzene rings is 2. The first-order chi connectivity index (χ1) is 10.1. The second-order valence-electron chi connectivity index (χ2n) is 4.51. The summed E-state index contributed by atoms with van der Waals surface area (Å²) in [5.41, 5.74) is 8.08. The van der Waals surface area contributed by atoms with Crippen LogP contribution in [-0.2, 0) is 4.79 Å². The van der Waals surface area contributed by atoms with Crippen LogP contribution in [0.3, 0.4) is 0 Å². The Balaban J connectivity index is 2.03. The van der Waals surface area contributed by atoms with Crippen LogP contribution in [0.25, 0.3) is 0 Å². The predicted octanol–water partition coefficient (Wildman–Crippen LogP) is 3.36. The highest BCUT2D eigenvalue weighted by Gasteiger charge is 2.11. The number of hydrogen-bond donors (Lipinski definition) is 2. The highest BCUT2D eigenvalue weighted by molar-refractivity contribution is 8.00. The van der Waals surface area contributed by atoms with E-state index in [1.165, 1.54) is 11.8 Å². The summed E-state index contributed by atoms with van der Waals surface area (Å²) in [5, 5.41) is 2.88. The number of anilines is 1. The molecule has 3 N–H and O–H groups in total. The molecule has 0 saturated heterocycles. The van der Waals surface area contributed by atoms with Crippen LogP contribution in [0.1, 0.15) is 11.1 Å². The fourth-order valence-corrected chi connectivity index (χ4v) is 2.94. The number of aryl methyl sites for hydroxylation is 1. The van der Waals surface area contributed by atoms with Crippen LogP contribution >= 0.6 is 24.0 Å². The van der Waals surface area contributed by atoms with Crippen molar-refractivity contribution < 1.29 is 4.79 Å². The molecular formula is C16H16N2OS2. The van der Waals surface area contributed by atoms with Gasteiger partial charge in [-0.3, -0.25) is 4.79 Å². The van der Waals surface area contributed by atoms with E-state index in [0.29, 0.717) is 16.4 Å². The number of carbonyl (C=O) groups excluding carboxylic acids is 1. The highest BCUT2D eigenvalue weighted by atomic mass is 32.2. The summed E-state index contributed by atoms with van der Waals surface area (Å²) in [7, 11) is 0. The highest BCUT2D eigenvalue weighted by Crippen LogP contribution is 2.21. The third-order valence-corrected chi connectivity index (χ3v) is 4.12. The van der Waals surface area contributed by atoms with Gasteiger partial charge in [0.15, 0.2) is 0 Å². The SMILES string of the molecule is Cc1cccc(NC(=O)CSc2ccccc2)c1C(N)=S. The van der Waals surface area contributed by atoms with E-state index < -0.39 is 0 Å². The molecule has 0 unspecified atom stereocenters. The summed E-state index contributed by atoms with van der Waals surface area (Å²) in [6.07, 6.45) is 0. The van der Waals surface area contributed by atoms with Crippen LogP contribution in [0.2, 0.25) is 0 Å². The summed E-state index contributed by atoms with van der Waals surface area (Å²) >= 11 is 6.54. The van der Waals surface area contributed by atoms with Crippen molar-refractivity contribution >= 4 is 40.6 Å². The molecule has 0 aromatic heterocycles. The standard InChI is InChI=1S/C16H16N2OS2/c1-11-6-5-9-13(15(11)16(17)20)18-14(19)10-21-12-7-3-2-4-8-12/h2-9H,10H2,1H3,(H2,17,20)(H,18,19). The van der Waals surface area contributed by atoms with Crippen molar-refractivity contribution in [2.24, 2.45) is 5.73 Å². The van der Waals surface area contributed by atoms with E-state index in [-0.39, 0.29) is 5.91 Å². The van der Waals surface area contributed by atoms with Crippen LogP contribution in [0.4, 0.5) is 5.69 Å². The van der Waals surface area contributed by atoms with Crippen LogP contribution in [-0.4, -0.2) is 16.6 Å². The summed E-state index contributed by atoms with van der Waals surface area (Å²) in [6, 6.07) is 15.4. The van der Waals surface area contributed by atoms with Gasteiger partial charge in [-0.1, -0.05) is 42.5 Å². The lowest BCUT2D eigenvalue weighted by atomic mass is 10.1. The van der Waals surface area contributed by atoms with Gasteiger partial charge in [0, 0.05) is 10.5 Å². The molecule has 0 atom stereocenters. The molecule has 0 fully saturated rings. The Labute approximate surface area is 133 Å². The molecule has 0 saturated carbocycles. The van der Waals surface area contributed by atoms with Gasteiger partial charge in [-0.2, -0.15) is 0 Å². The Hall–Kier alpha value is -1.85. The van der Waals surface area contributed by atoms with Crippen LogP contribution in [0.5, 0.6) is 0 Å². The number of nitrogens with one attached hydrogen (secondary N) is 1. The van der Waals surface area contributed by atoms with Crippen molar-refractivity contribution in [2.45, 2.75) is 11.8 Å². The molecule has 2 rings (SSSR count). The van der Waals surface area contributed by atoms with Crippen molar-refractivity contribution in [1.29, 1.82) is 0 Å². The maximum Gasteiger partial charge on any atom is 0.234 e. The molecule has 0 radical (unpaired) electrons. The van der Waals surface area contributed by atoms with Crippen molar-refractivity contribution in [1.82, 2.24) is 0 Å². The van der Waals surface area contributed by atoms with Crippen LogP contribution in [0, 0.1) is 6.92 Å². The largest absolute Gasteiger partial charge is 0.389 e. The monoisotopic (exact) mass is 316 g/mol. The normalized spacial score (nSPS) is 10.1. The molecule has 2 aromatic rings. The number of rotatable bonds is 5. The van der Waals surface area contributed by atoms with Gasteiger partial charge in [-0.25, -0.2) is 0 Å². The first-order valence-corrected chi connectivity index (χ1v) is 7.84. The number of thioether (sulfide) groups is 1. The molecule has 5 heteroatoms. The molecule has 0 aliphatic heterocycles. The topological polar surface area (TPSA) is 55.1 Å². The molecule has 0 bridgehead atoms. The van der Waals surface area contributed by atoms with Crippen molar-refractivity contribution in [3.8, 4) is 0 Å². The van der Waals surface area contributed by atoms with Crippen molar-refractivity contribution in [3.63, 3.8) is 0 Å². The number of thiocarbonyl (C=S) groups is 1. The second-order valence-corrected chi connectivity index (χ2v) is 6.00. The molecule has 21 heavy (non-hydrogen) atoms. The smallest absolute Gasteiger partial charge is 0.234 e. The lowest BCUT2D eigenvalue weighted by Crippen LogP contribution is -2.19. The van der Waals surface area contributed by atoms with E-state index in [1.807, 2.05) is 55.5 Å². The number of carbonyl (C=O) groups is 1. The quantitative estimate of drug-likeness (QED) is 0.656. The molecule has 3 nitrogen and oxygen atoms in total. The molecule has 0 spiro atoms. The zero-order valence-electron chi connectivity index (χ0n) is 11.6.